The zero-order valence-corrected chi connectivity index (χ0v) is 14.0. The van der Waals surface area contributed by atoms with Crippen molar-refractivity contribution in [3.05, 3.63) is 71.9 Å². The molecular weight excluding hydrogens is 268 g/mol. The maximum atomic E-state index is 6.28. The molecule has 1 heterocycles. The van der Waals surface area contributed by atoms with Crippen LogP contribution in [0.2, 0.25) is 0 Å². The van der Waals surface area contributed by atoms with E-state index in [1.807, 2.05) is 6.07 Å². The highest BCUT2D eigenvalue weighted by atomic mass is 16.5. The lowest BCUT2D eigenvalue weighted by atomic mass is 9.84. The van der Waals surface area contributed by atoms with Gasteiger partial charge in [-0.3, -0.25) is 0 Å². The summed E-state index contributed by atoms with van der Waals surface area (Å²) in [6, 6.07) is 8.29. The molecule has 116 valence electrons. The molecule has 1 aliphatic heterocycles. The van der Waals surface area contributed by atoms with Crippen LogP contribution in [0.3, 0.4) is 0 Å². The summed E-state index contributed by atoms with van der Waals surface area (Å²) in [7, 11) is 0. The van der Waals surface area contributed by atoms with Crippen LogP contribution < -0.4 is 4.74 Å². The normalized spacial score (nSPS) is 16.8. The monoisotopic (exact) mass is 294 g/mol. The van der Waals surface area contributed by atoms with Gasteiger partial charge in [-0.25, -0.2) is 0 Å². The number of hydrogen-bond acceptors (Lipinski definition) is 1. The molecule has 22 heavy (non-hydrogen) atoms. The molecule has 0 aromatic heterocycles. The lowest BCUT2D eigenvalue weighted by Crippen LogP contribution is -2.25. The molecule has 1 aromatic rings. The van der Waals surface area contributed by atoms with Crippen LogP contribution in [-0.2, 0) is 0 Å². The number of hydrogen-bond donors (Lipinski definition) is 0. The Balaban J connectivity index is 2.57. The molecule has 1 nitrogen and oxygen atoms in total. The molecule has 0 radical (unpaired) electrons. The van der Waals surface area contributed by atoms with Crippen molar-refractivity contribution in [2.45, 2.75) is 46.1 Å². The quantitative estimate of drug-likeness (QED) is 0.576. The van der Waals surface area contributed by atoms with Gasteiger partial charge < -0.3 is 4.74 Å². The van der Waals surface area contributed by atoms with Crippen molar-refractivity contribution in [3.63, 3.8) is 0 Å². The smallest absolute Gasteiger partial charge is 0.127 e. The maximum absolute atomic E-state index is 6.28. The summed E-state index contributed by atoms with van der Waals surface area (Å²) >= 11 is 0. The Morgan fingerprint density at radius 2 is 1.59 bits per heavy atom. The minimum atomic E-state index is 0.0541. The van der Waals surface area contributed by atoms with E-state index in [1.165, 1.54) is 22.3 Å². The summed E-state index contributed by atoms with van der Waals surface area (Å²) in [6.45, 7) is 18.5. The van der Waals surface area contributed by atoms with Crippen LogP contribution in [0.4, 0.5) is 0 Å². The van der Waals surface area contributed by atoms with E-state index in [1.54, 1.807) is 0 Å². The summed E-state index contributed by atoms with van der Waals surface area (Å²) in [5, 5.41) is 0. The summed E-state index contributed by atoms with van der Waals surface area (Å²) in [6.07, 6.45) is 2.65. The highest BCUT2D eigenvalue weighted by Gasteiger charge is 2.28. The Morgan fingerprint density at radius 3 is 2.18 bits per heavy atom. The van der Waals surface area contributed by atoms with Gasteiger partial charge in [0.25, 0.3) is 0 Å². The molecule has 0 saturated heterocycles. The molecule has 0 spiro atoms. The molecule has 1 aromatic carbocycles. The molecule has 0 saturated carbocycles. The molecule has 0 N–H and O–H groups in total. The number of ether oxygens (including phenoxy) is 1. The van der Waals surface area contributed by atoms with Gasteiger partial charge in [-0.2, -0.15) is 0 Å². The Bertz CT molecular complexity index is 646. The number of fused-ring (bicyclic) bond motifs is 1. The van der Waals surface area contributed by atoms with Crippen LogP contribution in [0.25, 0.3) is 5.57 Å². The Kier molecular flexibility index (Phi) is 5.07. The lowest BCUT2D eigenvalue weighted by Gasteiger charge is -2.32. The first-order chi connectivity index (χ1) is 10.4. The zero-order valence-electron chi connectivity index (χ0n) is 14.0. The van der Waals surface area contributed by atoms with E-state index >= 15 is 0 Å². The summed E-state index contributed by atoms with van der Waals surface area (Å²) < 4.78 is 6.28. The molecule has 2 rings (SSSR count). The highest BCUT2D eigenvalue weighted by Crippen LogP contribution is 2.42. The SMILES string of the molecule is C=C(C)CC1=C(CC(=C)C)C(CC(=C)C)Oc2ccccc21. The van der Waals surface area contributed by atoms with E-state index in [0.717, 1.165) is 36.2 Å². The zero-order chi connectivity index (χ0) is 16.3. The van der Waals surface area contributed by atoms with Crippen molar-refractivity contribution < 1.29 is 4.74 Å². The van der Waals surface area contributed by atoms with Gasteiger partial charge in [0.1, 0.15) is 11.9 Å². The fourth-order valence-electron chi connectivity index (χ4n) is 2.95. The second-order valence-electron chi connectivity index (χ2n) is 6.54. The third-order valence-electron chi connectivity index (χ3n) is 3.76. The van der Waals surface area contributed by atoms with Gasteiger partial charge >= 0.3 is 0 Å². The fourth-order valence-corrected chi connectivity index (χ4v) is 2.95. The predicted octanol–water partition coefficient (Wildman–Crippen LogP) is 6.10. The van der Waals surface area contributed by atoms with Crippen LogP contribution in [-0.4, -0.2) is 6.10 Å². The standard InChI is InChI=1S/C21H26O/c1-14(2)11-18-17-9-7-8-10-20(17)22-21(13-16(5)6)19(18)12-15(3)4/h7-10,21H,1,3,5,11-13H2,2,4,6H3. The van der Waals surface area contributed by atoms with Crippen LogP contribution in [0.1, 0.15) is 45.6 Å². The molecule has 1 unspecified atom stereocenters. The van der Waals surface area contributed by atoms with Crippen molar-refractivity contribution >= 4 is 5.57 Å². The van der Waals surface area contributed by atoms with Gasteiger partial charge in [0, 0.05) is 12.0 Å². The molecule has 0 fully saturated rings. The summed E-state index contributed by atoms with van der Waals surface area (Å²) in [5.41, 5.74) is 7.34. The van der Waals surface area contributed by atoms with Crippen molar-refractivity contribution in [3.8, 4) is 5.75 Å². The fraction of sp³-hybridized carbons (Fsp3) is 0.333. The summed E-state index contributed by atoms with van der Waals surface area (Å²) in [4.78, 5) is 0. The summed E-state index contributed by atoms with van der Waals surface area (Å²) in [5.74, 6) is 0.968. The van der Waals surface area contributed by atoms with Crippen LogP contribution in [0, 0.1) is 0 Å². The third-order valence-corrected chi connectivity index (χ3v) is 3.76. The highest BCUT2D eigenvalue weighted by molar-refractivity contribution is 5.77. The van der Waals surface area contributed by atoms with E-state index < -0.39 is 0 Å². The Morgan fingerprint density at radius 1 is 0.955 bits per heavy atom. The van der Waals surface area contributed by atoms with E-state index in [9.17, 15) is 0 Å². The number of allylic oxidation sites excluding steroid dienone is 3. The first-order valence-corrected chi connectivity index (χ1v) is 7.79. The van der Waals surface area contributed by atoms with Gasteiger partial charge in [-0.05, 0) is 50.8 Å². The van der Waals surface area contributed by atoms with Gasteiger partial charge in [-0.1, -0.05) is 54.7 Å². The van der Waals surface area contributed by atoms with Crippen molar-refractivity contribution in [2.75, 3.05) is 0 Å². The molecule has 1 atom stereocenters. The maximum Gasteiger partial charge on any atom is 0.127 e. The molecule has 0 amide bonds. The second kappa shape index (κ2) is 6.83. The van der Waals surface area contributed by atoms with Crippen LogP contribution in [0.15, 0.2) is 66.3 Å². The average Bonchev–Trinajstić information content (AvgIpc) is 2.41. The minimum Gasteiger partial charge on any atom is -0.485 e. The van der Waals surface area contributed by atoms with E-state index in [2.05, 4.69) is 58.7 Å². The predicted molar refractivity (Wildman–Crippen MR) is 96.1 cm³/mol. The third kappa shape index (κ3) is 3.79. The second-order valence-corrected chi connectivity index (χ2v) is 6.54. The van der Waals surface area contributed by atoms with Gasteiger partial charge in [0.2, 0.25) is 0 Å². The van der Waals surface area contributed by atoms with E-state index in [0.29, 0.717) is 0 Å². The average molecular weight is 294 g/mol. The number of para-hydroxylation sites is 1. The molecule has 1 heteroatoms. The Labute approximate surface area is 134 Å². The topological polar surface area (TPSA) is 9.23 Å². The van der Waals surface area contributed by atoms with E-state index in [4.69, 9.17) is 4.74 Å². The van der Waals surface area contributed by atoms with Gasteiger partial charge in [0.15, 0.2) is 0 Å². The number of benzene rings is 1. The first-order valence-electron chi connectivity index (χ1n) is 7.79. The number of rotatable bonds is 6. The largest absolute Gasteiger partial charge is 0.485 e. The van der Waals surface area contributed by atoms with Crippen LogP contribution in [0.5, 0.6) is 5.75 Å². The van der Waals surface area contributed by atoms with Crippen LogP contribution >= 0.6 is 0 Å². The lowest BCUT2D eigenvalue weighted by molar-refractivity contribution is 0.229. The molecular formula is C21H26O. The van der Waals surface area contributed by atoms with Gasteiger partial charge in [0.05, 0.1) is 0 Å². The Hall–Kier alpha value is -2.02. The molecule has 0 aliphatic carbocycles. The van der Waals surface area contributed by atoms with Crippen molar-refractivity contribution in [1.29, 1.82) is 0 Å². The van der Waals surface area contributed by atoms with E-state index in [-0.39, 0.29) is 6.10 Å². The molecule has 1 aliphatic rings. The first kappa shape index (κ1) is 16.4. The minimum absolute atomic E-state index is 0.0541. The van der Waals surface area contributed by atoms with Crippen molar-refractivity contribution in [1.82, 2.24) is 0 Å². The van der Waals surface area contributed by atoms with Crippen molar-refractivity contribution in [2.24, 2.45) is 0 Å². The molecule has 0 bridgehead atoms. The van der Waals surface area contributed by atoms with Gasteiger partial charge in [-0.15, -0.1) is 0 Å².